The van der Waals surface area contributed by atoms with Crippen LogP contribution in [0.1, 0.15) is 5.56 Å². The maximum Gasteiger partial charge on any atom is 0.269 e. The van der Waals surface area contributed by atoms with Gasteiger partial charge >= 0.3 is 0 Å². The summed E-state index contributed by atoms with van der Waals surface area (Å²) in [5, 5.41) is 8.35. The lowest BCUT2D eigenvalue weighted by molar-refractivity contribution is -0.124. The Bertz CT molecular complexity index is 1060. The van der Waals surface area contributed by atoms with Crippen molar-refractivity contribution in [1.82, 2.24) is 15.1 Å². The third-order valence-electron chi connectivity index (χ3n) is 4.50. The Kier molecular flexibility index (Phi) is 5.63. The maximum absolute atomic E-state index is 12.0. The topological polar surface area (TPSA) is 103 Å². The van der Waals surface area contributed by atoms with E-state index in [1.54, 1.807) is 41.5 Å². The van der Waals surface area contributed by atoms with Crippen LogP contribution in [0.25, 0.3) is 28.2 Å². The number of ether oxygens (including phenoxy) is 3. The van der Waals surface area contributed by atoms with E-state index in [0.29, 0.717) is 22.9 Å². The van der Waals surface area contributed by atoms with Crippen LogP contribution in [0.2, 0.25) is 0 Å². The predicted molar refractivity (Wildman–Crippen MR) is 112 cm³/mol. The molecule has 1 amide bonds. The normalized spacial score (nSPS) is 11.4. The maximum atomic E-state index is 12.0. The molecule has 0 saturated carbocycles. The fraction of sp³-hybridized carbons (Fsp3) is 0.238. The Hall–Kier alpha value is -3.68. The largest absolute Gasteiger partial charge is 0.493 e. The van der Waals surface area contributed by atoms with Gasteiger partial charge in [0.05, 0.1) is 32.5 Å². The first-order valence-corrected chi connectivity index (χ1v) is 8.87. The zero-order chi connectivity index (χ0) is 21.1. The molecular formula is C21H24N4O4. The molecule has 0 radical (unpaired) electrons. The Labute approximate surface area is 168 Å². The van der Waals surface area contributed by atoms with Gasteiger partial charge < -0.3 is 24.8 Å². The monoisotopic (exact) mass is 396 g/mol. The van der Waals surface area contributed by atoms with Crippen molar-refractivity contribution in [3.05, 3.63) is 41.6 Å². The van der Waals surface area contributed by atoms with Crippen molar-refractivity contribution in [2.24, 2.45) is 5.73 Å². The number of nitrogens with one attached hydrogen (secondary N) is 1. The van der Waals surface area contributed by atoms with Gasteiger partial charge in [0.2, 0.25) is 5.75 Å². The van der Waals surface area contributed by atoms with Crippen LogP contribution in [0.4, 0.5) is 0 Å². The third-order valence-corrected chi connectivity index (χ3v) is 4.50. The van der Waals surface area contributed by atoms with Crippen LogP contribution in [0.5, 0.6) is 17.2 Å². The Morgan fingerprint density at radius 3 is 2.28 bits per heavy atom. The minimum atomic E-state index is -0.248. The van der Waals surface area contributed by atoms with Gasteiger partial charge in [0, 0.05) is 25.0 Å². The number of H-pyrrole nitrogens is 1. The molecule has 0 bridgehead atoms. The summed E-state index contributed by atoms with van der Waals surface area (Å²) in [6, 6.07) is 9.36. The lowest BCUT2D eigenvalue weighted by atomic mass is 10.0. The van der Waals surface area contributed by atoms with Gasteiger partial charge in [0.15, 0.2) is 11.5 Å². The van der Waals surface area contributed by atoms with E-state index in [9.17, 15) is 4.79 Å². The minimum absolute atomic E-state index is 0.159. The second-order valence-electron chi connectivity index (χ2n) is 6.59. The van der Waals surface area contributed by atoms with Crippen molar-refractivity contribution < 1.29 is 19.0 Å². The number of benzene rings is 2. The van der Waals surface area contributed by atoms with Gasteiger partial charge in [-0.3, -0.25) is 9.89 Å². The second kappa shape index (κ2) is 8.14. The third kappa shape index (κ3) is 3.82. The zero-order valence-electron chi connectivity index (χ0n) is 17.1. The molecule has 0 atom stereocenters. The fourth-order valence-electron chi connectivity index (χ4n) is 3.06. The molecule has 0 aliphatic heterocycles. The van der Waals surface area contributed by atoms with Gasteiger partial charge in [0.25, 0.3) is 5.91 Å². The van der Waals surface area contributed by atoms with E-state index < -0.39 is 0 Å². The molecule has 29 heavy (non-hydrogen) atoms. The number of amides is 1. The SMILES string of the molecule is COc1cc(-c2n[nH]c3ccc(/C=C(\N)C(=O)N(C)C)cc23)cc(OC)c1OC. The number of fused-ring (bicyclic) bond motifs is 1. The molecule has 0 spiro atoms. The molecule has 0 fully saturated rings. The summed E-state index contributed by atoms with van der Waals surface area (Å²) >= 11 is 0. The molecule has 0 saturated heterocycles. The van der Waals surface area contributed by atoms with E-state index in [2.05, 4.69) is 10.2 Å². The number of nitrogens with two attached hydrogens (primary N) is 1. The fourth-order valence-corrected chi connectivity index (χ4v) is 3.06. The van der Waals surface area contributed by atoms with Crippen molar-refractivity contribution in [3.63, 3.8) is 0 Å². The first-order valence-electron chi connectivity index (χ1n) is 8.87. The van der Waals surface area contributed by atoms with Crippen LogP contribution in [-0.2, 0) is 4.79 Å². The number of hydrogen-bond acceptors (Lipinski definition) is 6. The standard InChI is InChI=1S/C21H24N4O4/c1-25(2)21(26)15(22)9-12-6-7-16-14(8-12)19(24-23-16)13-10-17(27-3)20(29-5)18(11-13)28-4/h6-11H,22H2,1-5H3,(H,23,24)/b15-9-. The molecule has 3 rings (SSSR count). The van der Waals surface area contributed by atoms with Crippen LogP contribution < -0.4 is 19.9 Å². The molecule has 3 aromatic rings. The molecule has 0 aliphatic rings. The number of hydrogen-bond donors (Lipinski definition) is 2. The predicted octanol–water partition coefficient (Wildman–Crippen LogP) is 2.64. The lowest BCUT2D eigenvalue weighted by Gasteiger charge is -2.13. The number of aromatic amines is 1. The van der Waals surface area contributed by atoms with Gasteiger partial charge in [-0.25, -0.2) is 0 Å². The van der Waals surface area contributed by atoms with Crippen molar-refractivity contribution in [3.8, 4) is 28.5 Å². The van der Waals surface area contributed by atoms with Gasteiger partial charge in [-0.2, -0.15) is 5.10 Å². The summed E-state index contributed by atoms with van der Waals surface area (Å²) < 4.78 is 16.3. The quantitative estimate of drug-likeness (QED) is 0.621. The van der Waals surface area contributed by atoms with E-state index in [1.165, 1.54) is 4.90 Å². The number of aromatic nitrogens is 2. The highest BCUT2D eigenvalue weighted by Crippen LogP contribution is 2.42. The highest BCUT2D eigenvalue weighted by molar-refractivity contribution is 5.98. The highest BCUT2D eigenvalue weighted by atomic mass is 16.5. The number of rotatable bonds is 6. The Morgan fingerprint density at radius 2 is 1.72 bits per heavy atom. The lowest BCUT2D eigenvalue weighted by Crippen LogP contribution is -2.27. The molecule has 1 aromatic heterocycles. The first kappa shape index (κ1) is 20.1. The smallest absolute Gasteiger partial charge is 0.269 e. The Morgan fingerprint density at radius 1 is 1.07 bits per heavy atom. The van der Waals surface area contributed by atoms with Crippen LogP contribution in [0.15, 0.2) is 36.0 Å². The molecule has 0 aliphatic carbocycles. The molecule has 8 nitrogen and oxygen atoms in total. The summed E-state index contributed by atoms with van der Waals surface area (Å²) in [6.07, 6.45) is 1.65. The number of likely N-dealkylation sites (N-methyl/N-ethyl adjacent to an activating group) is 1. The summed E-state index contributed by atoms with van der Waals surface area (Å²) in [5.41, 5.74) is 9.24. The van der Waals surface area contributed by atoms with E-state index in [-0.39, 0.29) is 11.6 Å². The minimum Gasteiger partial charge on any atom is -0.493 e. The number of carbonyl (C=O) groups is 1. The van der Waals surface area contributed by atoms with E-state index in [4.69, 9.17) is 19.9 Å². The number of carbonyl (C=O) groups excluding carboxylic acids is 1. The summed E-state index contributed by atoms with van der Waals surface area (Å²) in [4.78, 5) is 13.5. The van der Waals surface area contributed by atoms with Crippen molar-refractivity contribution in [1.29, 1.82) is 0 Å². The molecule has 3 N–H and O–H groups in total. The van der Waals surface area contributed by atoms with Gasteiger partial charge in [-0.15, -0.1) is 0 Å². The number of nitrogens with zero attached hydrogens (tertiary/aromatic N) is 2. The Balaban J connectivity index is 2.12. The summed E-state index contributed by atoms with van der Waals surface area (Å²) in [5.74, 6) is 1.34. The average molecular weight is 396 g/mol. The van der Waals surface area contributed by atoms with Crippen LogP contribution in [-0.4, -0.2) is 56.4 Å². The molecule has 8 heteroatoms. The van der Waals surface area contributed by atoms with Crippen LogP contribution in [0.3, 0.4) is 0 Å². The van der Waals surface area contributed by atoms with E-state index >= 15 is 0 Å². The molecule has 152 valence electrons. The molecule has 1 heterocycles. The summed E-state index contributed by atoms with van der Waals surface area (Å²) in [7, 11) is 8.01. The first-order chi connectivity index (χ1) is 13.9. The van der Waals surface area contributed by atoms with Crippen molar-refractivity contribution in [2.75, 3.05) is 35.4 Å². The van der Waals surface area contributed by atoms with Gasteiger partial charge in [-0.05, 0) is 35.9 Å². The van der Waals surface area contributed by atoms with Crippen LogP contribution in [0, 0.1) is 0 Å². The van der Waals surface area contributed by atoms with Crippen LogP contribution >= 0.6 is 0 Å². The van der Waals surface area contributed by atoms with E-state index in [0.717, 1.165) is 22.0 Å². The van der Waals surface area contributed by atoms with Crippen molar-refractivity contribution >= 4 is 22.9 Å². The zero-order valence-corrected chi connectivity index (χ0v) is 17.1. The molecular weight excluding hydrogens is 372 g/mol. The van der Waals surface area contributed by atoms with Gasteiger partial charge in [-0.1, -0.05) is 6.07 Å². The summed E-state index contributed by atoms with van der Waals surface area (Å²) in [6.45, 7) is 0. The van der Waals surface area contributed by atoms with Gasteiger partial charge in [0.1, 0.15) is 5.69 Å². The molecule has 2 aromatic carbocycles. The average Bonchev–Trinajstić information content (AvgIpc) is 3.15. The highest BCUT2D eigenvalue weighted by Gasteiger charge is 2.17. The van der Waals surface area contributed by atoms with Crippen molar-refractivity contribution in [2.45, 2.75) is 0 Å². The molecule has 0 unspecified atom stereocenters. The number of methoxy groups -OCH3 is 3. The second-order valence-corrected chi connectivity index (χ2v) is 6.59. The van der Waals surface area contributed by atoms with E-state index in [1.807, 2.05) is 30.3 Å².